The van der Waals surface area contributed by atoms with Crippen LogP contribution in [-0.2, 0) is 25.8 Å². The van der Waals surface area contributed by atoms with E-state index in [9.17, 15) is 18.0 Å². The molecule has 0 saturated heterocycles. The van der Waals surface area contributed by atoms with Crippen LogP contribution >= 0.6 is 0 Å². The summed E-state index contributed by atoms with van der Waals surface area (Å²) in [6.07, 6.45) is -4.70. The number of carbonyl (C=O) groups excluding carboxylic acids is 1. The van der Waals surface area contributed by atoms with Crippen molar-refractivity contribution in [1.82, 2.24) is 0 Å². The van der Waals surface area contributed by atoms with Crippen LogP contribution in [0.2, 0.25) is 0 Å². The van der Waals surface area contributed by atoms with Crippen LogP contribution in [0.3, 0.4) is 0 Å². The number of oxime groups is 2. The molecule has 0 unspecified atom stereocenters. The number of hydrogen-bond donors (Lipinski definition) is 0. The molecule has 0 aromatic heterocycles. The fraction of sp³-hybridized carbons (Fsp3) is 0.250. The molecule has 2 rings (SSSR count). The summed E-state index contributed by atoms with van der Waals surface area (Å²) >= 11 is 0. The minimum absolute atomic E-state index is 0.124. The van der Waals surface area contributed by atoms with Crippen molar-refractivity contribution < 1.29 is 32.4 Å². The normalized spacial score (nSPS) is 12.5. The SMILES string of the molecule is CO/N=C(/C(=O)OC)c1cccc(C)c1CO/N=C(/c1ccccc1)C(F)(F)F. The van der Waals surface area contributed by atoms with Crippen molar-refractivity contribution in [3.63, 3.8) is 0 Å². The molecule has 9 heteroatoms. The van der Waals surface area contributed by atoms with Gasteiger partial charge in [-0.05, 0) is 12.5 Å². The van der Waals surface area contributed by atoms with Gasteiger partial charge in [0.25, 0.3) is 0 Å². The van der Waals surface area contributed by atoms with E-state index in [-0.39, 0.29) is 17.9 Å². The second-order valence-corrected chi connectivity index (χ2v) is 5.79. The predicted octanol–water partition coefficient (Wildman–Crippen LogP) is 4.00. The molecule has 154 valence electrons. The standard InChI is InChI=1S/C20H19F3N2O4/c1-13-8-7-11-15(17(24-28-3)19(26)27-2)16(13)12-29-25-18(20(21,22)23)14-9-5-4-6-10-14/h4-11H,12H2,1-3H3/b24-17+,25-18-. The van der Waals surface area contributed by atoms with Crippen LogP contribution in [0.5, 0.6) is 0 Å². The second kappa shape index (κ2) is 9.72. The quantitative estimate of drug-likeness (QED) is 0.395. The molecular weight excluding hydrogens is 389 g/mol. The molecule has 0 aliphatic heterocycles. The summed E-state index contributed by atoms with van der Waals surface area (Å²) in [7, 11) is 2.44. The number of aryl methyl sites for hydroxylation is 1. The maximum Gasteiger partial charge on any atom is 0.437 e. The average molecular weight is 408 g/mol. The maximum atomic E-state index is 13.4. The molecule has 2 aromatic carbocycles. The summed E-state index contributed by atoms with van der Waals surface area (Å²) in [6.45, 7) is 1.39. The smallest absolute Gasteiger partial charge is 0.437 e. The number of benzene rings is 2. The van der Waals surface area contributed by atoms with Crippen LogP contribution in [0.1, 0.15) is 22.3 Å². The Morgan fingerprint density at radius 1 is 1.00 bits per heavy atom. The topological polar surface area (TPSA) is 69.5 Å². The van der Waals surface area contributed by atoms with E-state index in [0.29, 0.717) is 16.7 Å². The van der Waals surface area contributed by atoms with Gasteiger partial charge in [-0.25, -0.2) is 4.79 Å². The Hall–Kier alpha value is -3.36. The third-order valence-corrected chi connectivity index (χ3v) is 3.91. The van der Waals surface area contributed by atoms with Crippen molar-refractivity contribution in [2.75, 3.05) is 14.2 Å². The van der Waals surface area contributed by atoms with Crippen molar-refractivity contribution in [2.24, 2.45) is 10.3 Å². The van der Waals surface area contributed by atoms with Gasteiger partial charge in [0.1, 0.15) is 13.7 Å². The molecule has 6 nitrogen and oxygen atoms in total. The Labute approximate surface area is 165 Å². The maximum absolute atomic E-state index is 13.4. The van der Waals surface area contributed by atoms with E-state index >= 15 is 0 Å². The predicted molar refractivity (Wildman–Crippen MR) is 101 cm³/mol. The molecule has 0 fully saturated rings. The van der Waals surface area contributed by atoms with Crippen molar-refractivity contribution in [1.29, 1.82) is 0 Å². The summed E-state index contributed by atoms with van der Waals surface area (Å²) in [4.78, 5) is 21.8. The Balaban J connectivity index is 2.38. The van der Waals surface area contributed by atoms with Gasteiger partial charge in [-0.15, -0.1) is 0 Å². The van der Waals surface area contributed by atoms with Crippen LogP contribution in [-0.4, -0.2) is 37.8 Å². The first-order valence-electron chi connectivity index (χ1n) is 8.40. The van der Waals surface area contributed by atoms with Gasteiger partial charge in [0.2, 0.25) is 0 Å². The highest BCUT2D eigenvalue weighted by Crippen LogP contribution is 2.24. The number of alkyl halides is 3. The number of hydrogen-bond acceptors (Lipinski definition) is 6. The van der Waals surface area contributed by atoms with Crippen molar-refractivity contribution >= 4 is 17.4 Å². The molecule has 0 bridgehead atoms. The van der Waals surface area contributed by atoms with Crippen LogP contribution < -0.4 is 0 Å². The van der Waals surface area contributed by atoms with Crippen LogP contribution in [0.4, 0.5) is 13.2 Å². The highest BCUT2D eigenvalue weighted by molar-refractivity contribution is 6.43. The van der Waals surface area contributed by atoms with E-state index in [1.807, 2.05) is 0 Å². The van der Waals surface area contributed by atoms with Crippen LogP contribution in [0.15, 0.2) is 58.8 Å². The summed E-state index contributed by atoms with van der Waals surface area (Å²) in [5.74, 6) is -0.762. The van der Waals surface area contributed by atoms with Gasteiger partial charge >= 0.3 is 12.1 Å². The first kappa shape index (κ1) is 21.9. The molecule has 29 heavy (non-hydrogen) atoms. The minimum Gasteiger partial charge on any atom is -0.464 e. The number of halogens is 3. The fourth-order valence-electron chi connectivity index (χ4n) is 2.53. The molecule has 0 amide bonds. The first-order chi connectivity index (χ1) is 13.8. The van der Waals surface area contributed by atoms with E-state index in [4.69, 9.17) is 14.4 Å². The summed E-state index contributed by atoms with van der Waals surface area (Å²) in [5, 5.41) is 6.99. The average Bonchev–Trinajstić information content (AvgIpc) is 2.69. The molecule has 0 aliphatic carbocycles. The molecule has 0 saturated carbocycles. The zero-order valence-corrected chi connectivity index (χ0v) is 16.0. The molecule has 0 N–H and O–H groups in total. The first-order valence-corrected chi connectivity index (χ1v) is 8.40. The molecule has 0 spiro atoms. The number of esters is 1. The largest absolute Gasteiger partial charge is 0.464 e. The summed E-state index contributed by atoms with van der Waals surface area (Å²) in [5.41, 5.74) is -0.0264. The number of rotatable bonds is 7. The zero-order valence-electron chi connectivity index (χ0n) is 16.0. The summed E-state index contributed by atoms with van der Waals surface area (Å²) < 4.78 is 44.8. The summed E-state index contributed by atoms with van der Waals surface area (Å²) in [6, 6.07) is 12.1. The monoisotopic (exact) mass is 408 g/mol. The molecule has 0 heterocycles. The van der Waals surface area contributed by atoms with Gasteiger partial charge < -0.3 is 14.4 Å². The van der Waals surface area contributed by atoms with Crippen molar-refractivity contribution in [3.8, 4) is 0 Å². The van der Waals surface area contributed by atoms with E-state index in [1.165, 1.54) is 38.5 Å². The molecule has 0 atom stereocenters. The van der Waals surface area contributed by atoms with Gasteiger partial charge in [-0.2, -0.15) is 13.2 Å². The third-order valence-electron chi connectivity index (χ3n) is 3.91. The lowest BCUT2D eigenvalue weighted by Crippen LogP contribution is -2.24. The molecule has 0 radical (unpaired) electrons. The Morgan fingerprint density at radius 2 is 1.69 bits per heavy atom. The molecular formula is C20H19F3N2O4. The molecule has 2 aromatic rings. The highest BCUT2D eigenvalue weighted by Gasteiger charge is 2.37. The lowest BCUT2D eigenvalue weighted by atomic mass is 9.99. The highest BCUT2D eigenvalue weighted by atomic mass is 19.4. The van der Waals surface area contributed by atoms with E-state index < -0.39 is 17.9 Å². The van der Waals surface area contributed by atoms with Gasteiger partial charge in [0, 0.05) is 16.7 Å². The van der Waals surface area contributed by atoms with Crippen LogP contribution in [0.25, 0.3) is 0 Å². The lowest BCUT2D eigenvalue weighted by Gasteiger charge is -2.14. The van der Waals surface area contributed by atoms with Gasteiger partial charge in [-0.3, -0.25) is 0 Å². The van der Waals surface area contributed by atoms with Crippen molar-refractivity contribution in [3.05, 3.63) is 70.8 Å². The number of carbonyl (C=O) groups is 1. The third kappa shape index (κ3) is 5.56. The minimum atomic E-state index is -4.70. The van der Waals surface area contributed by atoms with Gasteiger partial charge in [0.15, 0.2) is 11.4 Å². The van der Waals surface area contributed by atoms with Crippen molar-refractivity contribution in [2.45, 2.75) is 19.7 Å². The Kier molecular flexibility index (Phi) is 7.35. The van der Waals surface area contributed by atoms with Gasteiger partial charge in [-0.1, -0.05) is 58.8 Å². The fourth-order valence-corrected chi connectivity index (χ4v) is 2.53. The number of nitrogens with zero attached hydrogens (tertiary/aromatic N) is 2. The number of ether oxygens (including phenoxy) is 1. The lowest BCUT2D eigenvalue weighted by molar-refractivity contribution is -0.132. The van der Waals surface area contributed by atoms with E-state index in [0.717, 1.165) is 0 Å². The Bertz CT molecular complexity index is 910. The molecule has 0 aliphatic rings. The number of methoxy groups -OCH3 is 1. The Morgan fingerprint density at radius 3 is 2.28 bits per heavy atom. The van der Waals surface area contributed by atoms with Gasteiger partial charge in [0.05, 0.1) is 7.11 Å². The zero-order chi connectivity index (χ0) is 21.4. The van der Waals surface area contributed by atoms with E-state index in [2.05, 4.69) is 10.3 Å². The van der Waals surface area contributed by atoms with E-state index in [1.54, 1.807) is 31.2 Å². The van der Waals surface area contributed by atoms with Crippen LogP contribution in [0, 0.1) is 6.92 Å². The second-order valence-electron chi connectivity index (χ2n) is 5.79.